The fourth-order valence-electron chi connectivity index (χ4n) is 3.07. The molecule has 1 amide bonds. The van der Waals surface area contributed by atoms with E-state index in [1.165, 1.54) is 5.56 Å². The number of carbonyl (C=O) groups is 1. The van der Waals surface area contributed by atoms with E-state index in [0.29, 0.717) is 0 Å². The van der Waals surface area contributed by atoms with Crippen LogP contribution in [0.15, 0.2) is 41.7 Å². The first-order chi connectivity index (χ1) is 15.3. The smallest absolute Gasteiger partial charge is 0.412 e. The Balaban J connectivity index is 0.00000544. The van der Waals surface area contributed by atoms with Crippen molar-refractivity contribution in [2.75, 3.05) is 25.0 Å². The number of amides is 1. The Morgan fingerprint density at radius 1 is 1.15 bits per heavy atom. The van der Waals surface area contributed by atoms with Gasteiger partial charge in [0.05, 0.1) is 0 Å². The summed E-state index contributed by atoms with van der Waals surface area (Å²) in [5.41, 5.74) is 1.39. The molecule has 0 unspecified atom stereocenters. The molecule has 3 N–H and O–H groups in total. The fraction of sp³-hybridized carbons (Fsp3) is 0.542. The molecule has 0 bridgehead atoms. The molecular formula is C24H39IN6O2. The minimum absolute atomic E-state index is 0. The number of rotatable bonds is 10. The number of hydrogen-bond donors (Lipinski definition) is 3. The minimum atomic E-state index is -0.513. The van der Waals surface area contributed by atoms with Gasteiger partial charge >= 0.3 is 6.09 Å². The monoisotopic (exact) mass is 570 g/mol. The van der Waals surface area contributed by atoms with Gasteiger partial charge in [0.25, 0.3) is 0 Å². The van der Waals surface area contributed by atoms with E-state index in [4.69, 9.17) is 4.74 Å². The SMILES string of the molecule is CCNC(=NCCCCn1ccnc1C)NCCc1ccc(NC(=O)OC(C)(C)C)cc1.I. The van der Waals surface area contributed by atoms with E-state index >= 15 is 0 Å². The average Bonchev–Trinajstić information content (AvgIpc) is 3.12. The van der Waals surface area contributed by atoms with Crippen LogP contribution >= 0.6 is 24.0 Å². The van der Waals surface area contributed by atoms with Gasteiger partial charge in [-0.1, -0.05) is 12.1 Å². The molecule has 0 saturated carbocycles. The first kappa shape index (κ1) is 28.7. The zero-order chi connectivity index (χ0) is 23.4. The van der Waals surface area contributed by atoms with E-state index in [1.54, 1.807) is 0 Å². The molecule has 33 heavy (non-hydrogen) atoms. The first-order valence-corrected chi connectivity index (χ1v) is 11.4. The van der Waals surface area contributed by atoms with Crippen molar-refractivity contribution < 1.29 is 9.53 Å². The number of aromatic nitrogens is 2. The van der Waals surface area contributed by atoms with E-state index in [9.17, 15) is 4.79 Å². The molecule has 9 heteroatoms. The van der Waals surface area contributed by atoms with Gasteiger partial charge < -0.3 is 19.9 Å². The van der Waals surface area contributed by atoms with Gasteiger partial charge in [-0.25, -0.2) is 9.78 Å². The number of unbranched alkanes of at least 4 members (excludes halogenated alkanes) is 1. The predicted octanol–water partition coefficient (Wildman–Crippen LogP) is 4.73. The molecule has 0 saturated heterocycles. The normalized spacial score (nSPS) is 11.5. The van der Waals surface area contributed by atoms with Crippen molar-refractivity contribution in [3.8, 4) is 0 Å². The molecule has 2 aromatic rings. The number of halogens is 1. The number of aryl methyl sites for hydroxylation is 2. The Labute approximate surface area is 215 Å². The van der Waals surface area contributed by atoms with Gasteiger partial charge in [0.2, 0.25) is 0 Å². The maximum atomic E-state index is 11.9. The molecule has 1 aromatic carbocycles. The van der Waals surface area contributed by atoms with E-state index < -0.39 is 11.7 Å². The van der Waals surface area contributed by atoms with Crippen molar-refractivity contribution in [2.45, 2.75) is 66.0 Å². The van der Waals surface area contributed by atoms with Crippen LogP contribution in [0.4, 0.5) is 10.5 Å². The van der Waals surface area contributed by atoms with Gasteiger partial charge in [-0.2, -0.15) is 0 Å². The van der Waals surface area contributed by atoms with Gasteiger partial charge in [0, 0.05) is 44.3 Å². The summed E-state index contributed by atoms with van der Waals surface area (Å²) in [5.74, 6) is 1.90. The molecule has 0 spiro atoms. The Morgan fingerprint density at radius 3 is 2.48 bits per heavy atom. The van der Waals surface area contributed by atoms with Gasteiger partial charge in [0.1, 0.15) is 11.4 Å². The Bertz CT molecular complexity index is 859. The highest BCUT2D eigenvalue weighted by molar-refractivity contribution is 14.0. The van der Waals surface area contributed by atoms with Crippen LogP contribution in [0.25, 0.3) is 0 Å². The number of guanidine groups is 1. The average molecular weight is 571 g/mol. The summed E-state index contributed by atoms with van der Waals surface area (Å²) in [6, 6.07) is 7.80. The van der Waals surface area contributed by atoms with Crippen LogP contribution in [0.3, 0.4) is 0 Å². The van der Waals surface area contributed by atoms with Crippen molar-refractivity contribution in [2.24, 2.45) is 4.99 Å². The molecule has 0 aliphatic heterocycles. The van der Waals surface area contributed by atoms with Crippen molar-refractivity contribution >= 4 is 41.7 Å². The summed E-state index contributed by atoms with van der Waals surface area (Å²) in [4.78, 5) is 20.8. The summed E-state index contributed by atoms with van der Waals surface area (Å²) >= 11 is 0. The third kappa shape index (κ3) is 11.9. The lowest BCUT2D eigenvalue weighted by atomic mass is 10.1. The van der Waals surface area contributed by atoms with Crippen molar-refractivity contribution in [1.82, 2.24) is 20.2 Å². The predicted molar refractivity (Wildman–Crippen MR) is 146 cm³/mol. The summed E-state index contributed by atoms with van der Waals surface area (Å²) in [6.07, 6.45) is 6.37. The lowest BCUT2D eigenvalue weighted by Gasteiger charge is -2.19. The fourth-order valence-corrected chi connectivity index (χ4v) is 3.07. The standard InChI is InChI=1S/C24H38N6O2.HI/c1-6-25-22(27-14-7-8-17-30-18-16-26-19(30)2)28-15-13-20-9-11-21(12-10-20)29-23(31)32-24(3,4)5;/h9-12,16,18H,6-8,13-15,17H2,1-5H3,(H,29,31)(H2,25,27,28);1H. The maximum Gasteiger partial charge on any atom is 0.412 e. The molecule has 0 fully saturated rings. The van der Waals surface area contributed by atoms with Crippen LogP contribution in [0.1, 0.15) is 51.9 Å². The highest BCUT2D eigenvalue weighted by atomic mass is 127. The lowest BCUT2D eigenvalue weighted by molar-refractivity contribution is 0.0636. The molecule has 184 valence electrons. The lowest BCUT2D eigenvalue weighted by Crippen LogP contribution is -2.38. The maximum absolute atomic E-state index is 11.9. The molecule has 1 aromatic heterocycles. The van der Waals surface area contributed by atoms with E-state index in [-0.39, 0.29) is 24.0 Å². The third-order valence-corrected chi connectivity index (χ3v) is 4.65. The van der Waals surface area contributed by atoms with Gasteiger partial charge in [-0.3, -0.25) is 10.3 Å². The number of ether oxygens (including phenoxy) is 1. The van der Waals surface area contributed by atoms with Crippen LogP contribution in [0.5, 0.6) is 0 Å². The molecule has 1 heterocycles. The molecule has 0 radical (unpaired) electrons. The zero-order valence-electron chi connectivity index (χ0n) is 20.5. The van der Waals surface area contributed by atoms with E-state index in [0.717, 1.165) is 62.9 Å². The highest BCUT2D eigenvalue weighted by Crippen LogP contribution is 2.13. The number of anilines is 1. The Morgan fingerprint density at radius 2 is 1.88 bits per heavy atom. The molecule has 0 aliphatic rings. The van der Waals surface area contributed by atoms with Gasteiger partial charge in [-0.05, 0) is 71.6 Å². The number of imidazole rings is 1. The second-order valence-corrected chi connectivity index (χ2v) is 8.64. The number of hydrogen-bond acceptors (Lipinski definition) is 4. The molecule has 0 aliphatic carbocycles. The van der Waals surface area contributed by atoms with Crippen molar-refractivity contribution in [3.63, 3.8) is 0 Å². The summed E-state index contributed by atoms with van der Waals surface area (Å²) < 4.78 is 7.44. The van der Waals surface area contributed by atoms with Gasteiger partial charge in [0.15, 0.2) is 5.96 Å². The summed E-state index contributed by atoms with van der Waals surface area (Å²) in [7, 11) is 0. The van der Waals surface area contributed by atoms with E-state index in [1.807, 2.05) is 64.4 Å². The third-order valence-electron chi connectivity index (χ3n) is 4.65. The zero-order valence-corrected chi connectivity index (χ0v) is 22.8. The number of aliphatic imine (C=N–C) groups is 1. The Kier molecular flexibility index (Phi) is 12.9. The number of carbonyl (C=O) groups excluding carboxylic acids is 1. The molecule has 2 rings (SSSR count). The second kappa shape index (κ2) is 14.8. The number of nitrogens with one attached hydrogen (secondary N) is 3. The van der Waals surface area contributed by atoms with Crippen molar-refractivity contribution in [3.05, 3.63) is 48.0 Å². The largest absolute Gasteiger partial charge is 0.444 e. The quantitative estimate of drug-likeness (QED) is 0.166. The van der Waals surface area contributed by atoms with Crippen molar-refractivity contribution in [1.29, 1.82) is 0 Å². The summed E-state index contributed by atoms with van der Waals surface area (Å²) in [5, 5.41) is 9.43. The summed E-state index contributed by atoms with van der Waals surface area (Å²) in [6.45, 7) is 13.0. The molecule has 0 atom stereocenters. The van der Waals surface area contributed by atoms with Crippen LogP contribution in [-0.4, -0.2) is 46.8 Å². The molecule has 8 nitrogen and oxygen atoms in total. The number of nitrogens with zero attached hydrogens (tertiary/aromatic N) is 3. The molecular weight excluding hydrogens is 531 g/mol. The van der Waals surface area contributed by atoms with Crippen LogP contribution in [-0.2, 0) is 17.7 Å². The topological polar surface area (TPSA) is 92.6 Å². The highest BCUT2D eigenvalue weighted by Gasteiger charge is 2.16. The first-order valence-electron chi connectivity index (χ1n) is 11.4. The minimum Gasteiger partial charge on any atom is -0.444 e. The Hall–Kier alpha value is -2.30. The van der Waals surface area contributed by atoms with Crippen LogP contribution in [0, 0.1) is 6.92 Å². The van der Waals surface area contributed by atoms with Crippen LogP contribution < -0.4 is 16.0 Å². The van der Waals surface area contributed by atoms with E-state index in [2.05, 4.69) is 37.4 Å². The number of benzene rings is 1. The van der Waals surface area contributed by atoms with Gasteiger partial charge in [-0.15, -0.1) is 24.0 Å². The second-order valence-electron chi connectivity index (χ2n) is 8.64. The van der Waals surface area contributed by atoms with Crippen LogP contribution in [0.2, 0.25) is 0 Å².